The zero-order valence-electron chi connectivity index (χ0n) is 16.7. The topological polar surface area (TPSA) is 75.7 Å². The molecule has 1 atom stereocenters. The van der Waals surface area contributed by atoms with E-state index in [0.29, 0.717) is 5.75 Å². The van der Waals surface area contributed by atoms with Crippen molar-refractivity contribution in [2.45, 2.75) is 26.1 Å². The number of sulfonamides is 1. The molecule has 2 aromatic rings. The molecule has 0 unspecified atom stereocenters. The number of benzene rings is 2. The van der Waals surface area contributed by atoms with Crippen LogP contribution in [0.4, 0.5) is 18.9 Å². The van der Waals surface area contributed by atoms with Gasteiger partial charge in [0, 0.05) is 0 Å². The number of carbonyl (C=O) groups is 1. The fourth-order valence-corrected chi connectivity index (χ4v) is 3.50. The van der Waals surface area contributed by atoms with Gasteiger partial charge >= 0.3 is 6.18 Å². The van der Waals surface area contributed by atoms with Gasteiger partial charge in [0.05, 0.1) is 23.5 Å². The third-order valence-electron chi connectivity index (χ3n) is 4.16. The summed E-state index contributed by atoms with van der Waals surface area (Å²) in [6.45, 7) is 3.17. The van der Waals surface area contributed by atoms with Gasteiger partial charge in [-0.15, -0.1) is 0 Å². The summed E-state index contributed by atoms with van der Waals surface area (Å²) in [6, 6.07) is 10.5. The molecule has 0 bridgehead atoms. The van der Waals surface area contributed by atoms with Crippen molar-refractivity contribution in [3.8, 4) is 5.75 Å². The van der Waals surface area contributed by atoms with E-state index in [1.54, 1.807) is 13.0 Å². The van der Waals surface area contributed by atoms with E-state index < -0.39 is 40.3 Å². The Kier molecular flexibility index (Phi) is 7.35. The lowest BCUT2D eigenvalue weighted by Gasteiger charge is -2.23. The summed E-state index contributed by atoms with van der Waals surface area (Å²) in [4.78, 5) is 12.3. The molecule has 6 nitrogen and oxygen atoms in total. The van der Waals surface area contributed by atoms with Gasteiger partial charge in [-0.1, -0.05) is 18.2 Å². The molecular formula is C20H23F3N2O4S. The predicted octanol–water partition coefficient (Wildman–Crippen LogP) is 3.36. The van der Waals surface area contributed by atoms with Gasteiger partial charge in [-0.2, -0.15) is 13.2 Å². The molecule has 0 saturated heterocycles. The zero-order valence-corrected chi connectivity index (χ0v) is 17.5. The molecule has 10 heteroatoms. The van der Waals surface area contributed by atoms with Crippen molar-refractivity contribution in [1.82, 2.24) is 5.32 Å². The molecular weight excluding hydrogens is 421 g/mol. The second-order valence-electron chi connectivity index (χ2n) is 6.86. The van der Waals surface area contributed by atoms with Gasteiger partial charge in [-0.05, 0) is 49.7 Å². The highest BCUT2D eigenvalue weighted by Crippen LogP contribution is 2.30. The summed E-state index contributed by atoms with van der Waals surface area (Å²) >= 11 is 0. The normalized spacial score (nSPS) is 12.9. The predicted molar refractivity (Wildman–Crippen MR) is 108 cm³/mol. The number of aryl methyl sites for hydroxylation is 1. The Labute approximate surface area is 173 Å². The number of nitrogens with one attached hydrogen (secondary N) is 1. The van der Waals surface area contributed by atoms with E-state index in [0.717, 1.165) is 40.4 Å². The van der Waals surface area contributed by atoms with Gasteiger partial charge in [-0.25, -0.2) is 8.42 Å². The maximum absolute atomic E-state index is 12.7. The van der Waals surface area contributed by atoms with Crippen LogP contribution in [0.3, 0.4) is 0 Å². The molecule has 0 radical (unpaired) electrons. The molecule has 0 aromatic heterocycles. The van der Waals surface area contributed by atoms with Crippen LogP contribution in [-0.4, -0.2) is 39.8 Å². The minimum absolute atomic E-state index is 0.0375. The van der Waals surface area contributed by atoms with Crippen molar-refractivity contribution >= 4 is 21.6 Å². The second kappa shape index (κ2) is 9.38. The van der Waals surface area contributed by atoms with Crippen LogP contribution in [-0.2, 0) is 21.0 Å². The third kappa shape index (κ3) is 6.65. The fourth-order valence-electron chi connectivity index (χ4n) is 2.64. The molecule has 0 heterocycles. The van der Waals surface area contributed by atoms with Crippen LogP contribution < -0.4 is 14.4 Å². The van der Waals surface area contributed by atoms with Crippen molar-refractivity contribution in [1.29, 1.82) is 0 Å². The van der Waals surface area contributed by atoms with E-state index in [1.807, 2.05) is 25.1 Å². The highest BCUT2D eigenvalue weighted by atomic mass is 32.2. The molecule has 164 valence electrons. The zero-order chi connectivity index (χ0) is 22.5. The summed E-state index contributed by atoms with van der Waals surface area (Å²) in [5.74, 6) is 0.0577. The molecule has 0 saturated carbocycles. The Balaban J connectivity index is 2.02. The van der Waals surface area contributed by atoms with Crippen LogP contribution in [0.15, 0.2) is 48.5 Å². The minimum Gasteiger partial charge on any atom is -0.491 e. The second-order valence-corrected chi connectivity index (χ2v) is 8.77. The first-order valence-electron chi connectivity index (χ1n) is 9.00. The van der Waals surface area contributed by atoms with Crippen LogP contribution >= 0.6 is 0 Å². The molecule has 2 aromatic carbocycles. The highest BCUT2D eigenvalue weighted by Gasteiger charge is 2.31. The molecule has 0 aliphatic carbocycles. The van der Waals surface area contributed by atoms with Gasteiger partial charge in [0.1, 0.15) is 18.9 Å². The number of nitrogens with zero attached hydrogens (tertiary/aromatic N) is 1. The largest absolute Gasteiger partial charge is 0.491 e. The lowest BCUT2D eigenvalue weighted by Crippen LogP contribution is -2.44. The molecule has 0 fully saturated rings. The Morgan fingerprint density at radius 2 is 1.73 bits per heavy atom. The Morgan fingerprint density at radius 3 is 2.27 bits per heavy atom. The number of para-hydroxylation sites is 1. The molecule has 0 aliphatic heterocycles. The summed E-state index contributed by atoms with van der Waals surface area (Å²) in [5.41, 5.74) is -0.0165. The maximum Gasteiger partial charge on any atom is 0.416 e. The molecule has 2 rings (SSSR count). The van der Waals surface area contributed by atoms with E-state index in [4.69, 9.17) is 4.74 Å². The Morgan fingerprint density at radius 1 is 1.13 bits per heavy atom. The summed E-state index contributed by atoms with van der Waals surface area (Å²) < 4.78 is 68.7. The van der Waals surface area contributed by atoms with Crippen molar-refractivity contribution in [2.75, 3.05) is 23.7 Å². The molecule has 1 N–H and O–H groups in total. The lowest BCUT2D eigenvalue weighted by molar-refractivity contribution is -0.137. The smallest absolute Gasteiger partial charge is 0.416 e. The number of ether oxygens (including phenoxy) is 1. The quantitative estimate of drug-likeness (QED) is 0.678. The number of hydrogen-bond donors (Lipinski definition) is 1. The number of carbonyl (C=O) groups excluding carboxylic acids is 1. The average molecular weight is 444 g/mol. The van der Waals surface area contributed by atoms with Crippen molar-refractivity contribution in [3.05, 3.63) is 59.7 Å². The first-order valence-corrected chi connectivity index (χ1v) is 10.9. The standard InChI is InChI=1S/C20H23F3N2O4S/c1-14-6-4-5-7-18(14)29-13-15(2)24-19(26)12-25(30(3,27)28)17-10-8-16(9-11-17)20(21,22)23/h4-11,15H,12-13H2,1-3H3,(H,24,26)/t15-/m1/s1. The van der Waals surface area contributed by atoms with Crippen molar-refractivity contribution in [3.63, 3.8) is 0 Å². The number of rotatable bonds is 8. The fraction of sp³-hybridized carbons (Fsp3) is 0.350. The summed E-state index contributed by atoms with van der Waals surface area (Å²) in [7, 11) is -3.90. The number of anilines is 1. The van der Waals surface area contributed by atoms with E-state index in [9.17, 15) is 26.4 Å². The van der Waals surface area contributed by atoms with Gasteiger partial charge < -0.3 is 10.1 Å². The lowest BCUT2D eigenvalue weighted by atomic mass is 10.2. The van der Waals surface area contributed by atoms with Crippen molar-refractivity contribution in [2.24, 2.45) is 0 Å². The summed E-state index contributed by atoms with van der Waals surface area (Å²) in [6.07, 6.45) is -3.67. The molecule has 0 aliphatic rings. The molecule has 30 heavy (non-hydrogen) atoms. The van der Waals surface area contributed by atoms with Gasteiger partial charge in [0.2, 0.25) is 15.9 Å². The van der Waals surface area contributed by atoms with E-state index in [-0.39, 0.29) is 12.3 Å². The first-order chi connectivity index (χ1) is 13.9. The SMILES string of the molecule is Cc1ccccc1OC[C@@H](C)NC(=O)CN(c1ccc(C(F)(F)F)cc1)S(C)(=O)=O. The highest BCUT2D eigenvalue weighted by molar-refractivity contribution is 7.92. The first kappa shape index (κ1) is 23.5. The van der Waals surface area contributed by atoms with E-state index >= 15 is 0 Å². The van der Waals surface area contributed by atoms with Crippen LogP contribution in [0.1, 0.15) is 18.1 Å². The Bertz CT molecular complexity index is 976. The molecule has 1 amide bonds. The van der Waals surface area contributed by atoms with Crippen LogP contribution in [0, 0.1) is 6.92 Å². The molecule has 0 spiro atoms. The minimum atomic E-state index is -4.54. The van der Waals surface area contributed by atoms with Gasteiger partial charge in [0.25, 0.3) is 0 Å². The van der Waals surface area contributed by atoms with Gasteiger partial charge in [-0.3, -0.25) is 9.10 Å². The monoisotopic (exact) mass is 444 g/mol. The van der Waals surface area contributed by atoms with E-state index in [2.05, 4.69) is 5.32 Å². The van der Waals surface area contributed by atoms with Crippen LogP contribution in [0.2, 0.25) is 0 Å². The number of alkyl halides is 3. The maximum atomic E-state index is 12.7. The number of amides is 1. The summed E-state index contributed by atoms with van der Waals surface area (Å²) in [5, 5.41) is 2.63. The number of hydrogen-bond acceptors (Lipinski definition) is 4. The Hall–Kier alpha value is -2.75. The number of halogens is 3. The third-order valence-corrected chi connectivity index (χ3v) is 5.30. The van der Waals surface area contributed by atoms with Crippen LogP contribution in [0.25, 0.3) is 0 Å². The van der Waals surface area contributed by atoms with Crippen molar-refractivity contribution < 1.29 is 31.1 Å². The van der Waals surface area contributed by atoms with E-state index in [1.165, 1.54) is 0 Å². The van der Waals surface area contributed by atoms with Gasteiger partial charge in [0.15, 0.2) is 0 Å². The average Bonchev–Trinajstić information content (AvgIpc) is 2.64. The van der Waals surface area contributed by atoms with Crippen LogP contribution in [0.5, 0.6) is 5.75 Å².